The van der Waals surface area contributed by atoms with E-state index < -0.39 is 12.0 Å². The van der Waals surface area contributed by atoms with Crippen molar-refractivity contribution in [1.29, 1.82) is 0 Å². The third kappa shape index (κ3) is 4.58. The molecule has 1 atom stereocenters. The van der Waals surface area contributed by atoms with Crippen molar-refractivity contribution in [3.63, 3.8) is 0 Å². The SMILES string of the molecule is CC(C)C[C@@H](NC(=O)CC1CC(c2ccccc2)C1)C(=O)O. The molecular weight excluding hydrogens is 278 g/mol. The maximum Gasteiger partial charge on any atom is 0.326 e. The number of carboxylic acid groups (broad SMARTS) is 1. The lowest BCUT2D eigenvalue weighted by Crippen LogP contribution is -2.43. The van der Waals surface area contributed by atoms with Crippen LogP contribution < -0.4 is 5.32 Å². The van der Waals surface area contributed by atoms with Crippen molar-refractivity contribution in [3.05, 3.63) is 35.9 Å². The van der Waals surface area contributed by atoms with Crippen LogP contribution in [0.2, 0.25) is 0 Å². The van der Waals surface area contributed by atoms with Crippen LogP contribution in [-0.2, 0) is 9.59 Å². The summed E-state index contributed by atoms with van der Waals surface area (Å²) < 4.78 is 0. The van der Waals surface area contributed by atoms with E-state index in [2.05, 4.69) is 17.4 Å². The van der Waals surface area contributed by atoms with Crippen LogP contribution in [0.4, 0.5) is 0 Å². The summed E-state index contributed by atoms with van der Waals surface area (Å²) in [5, 5.41) is 11.8. The summed E-state index contributed by atoms with van der Waals surface area (Å²) in [6, 6.07) is 9.58. The van der Waals surface area contributed by atoms with Crippen LogP contribution in [-0.4, -0.2) is 23.0 Å². The van der Waals surface area contributed by atoms with E-state index in [9.17, 15) is 9.59 Å². The molecule has 1 saturated carbocycles. The molecule has 1 aliphatic carbocycles. The molecule has 1 aliphatic rings. The number of benzene rings is 1. The summed E-state index contributed by atoms with van der Waals surface area (Å²) in [7, 11) is 0. The minimum Gasteiger partial charge on any atom is -0.480 e. The number of nitrogens with one attached hydrogen (secondary N) is 1. The number of aliphatic carboxylic acids is 1. The van der Waals surface area contributed by atoms with Crippen LogP contribution in [0.25, 0.3) is 0 Å². The number of carbonyl (C=O) groups is 2. The van der Waals surface area contributed by atoms with Crippen molar-refractivity contribution in [1.82, 2.24) is 5.32 Å². The molecule has 1 fully saturated rings. The first-order valence-corrected chi connectivity index (χ1v) is 8.02. The van der Waals surface area contributed by atoms with E-state index in [1.54, 1.807) is 0 Å². The van der Waals surface area contributed by atoms with Crippen molar-refractivity contribution in [3.8, 4) is 0 Å². The molecule has 22 heavy (non-hydrogen) atoms. The first kappa shape index (κ1) is 16.5. The van der Waals surface area contributed by atoms with Crippen LogP contribution in [0.3, 0.4) is 0 Å². The van der Waals surface area contributed by atoms with Gasteiger partial charge in [0.2, 0.25) is 5.91 Å². The molecule has 0 radical (unpaired) electrons. The molecule has 1 amide bonds. The molecule has 0 bridgehead atoms. The Bertz CT molecular complexity index is 506. The van der Waals surface area contributed by atoms with Crippen LogP contribution in [0, 0.1) is 11.8 Å². The topological polar surface area (TPSA) is 66.4 Å². The molecule has 1 aromatic carbocycles. The molecular formula is C18H25NO3. The number of carbonyl (C=O) groups excluding carboxylic acids is 1. The molecule has 1 aromatic rings. The first-order chi connectivity index (χ1) is 10.5. The predicted molar refractivity (Wildman–Crippen MR) is 85.5 cm³/mol. The Hall–Kier alpha value is -1.84. The van der Waals surface area contributed by atoms with Gasteiger partial charge in [-0.25, -0.2) is 4.79 Å². The van der Waals surface area contributed by atoms with Crippen molar-refractivity contribution < 1.29 is 14.7 Å². The standard InChI is InChI=1S/C18H25NO3/c1-12(2)8-16(18(21)22)19-17(20)11-13-9-15(10-13)14-6-4-3-5-7-14/h3-7,12-13,15-16H,8-11H2,1-2H3,(H,19,20)(H,21,22)/t13?,15?,16-/m1/s1. The average Bonchev–Trinajstić information content (AvgIpc) is 2.42. The molecule has 2 rings (SSSR count). The van der Waals surface area contributed by atoms with E-state index in [-0.39, 0.29) is 11.8 Å². The molecule has 120 valence electrons. The van der Waals surface area contributed by atoms with Gasteiger partial charge in [-0.3, -0.25) is 4.79 Å². The summed E-state index contributed by atoms with van der Waals surface area (Å²) in [5.41, 5.74) is 1.34. The Morgan fingerprint density at radius 3 is 2.41 bits per heavy atom. The molecule has 0 saturated heterocycles. The van der Waals surface area contributed by atoms with Gasteiger partial charge in [0.15, 0.2) is 0 Å². The van der Waals surface area contributed by atoms with Crippen LogP contribution >= 0.6 is 0 Å². The fourth-order valence-electron chi connectivity index (χ4n) is 3.11. The smallest absolute Gasteiger partial charge is 0.326 e. The minimum atomic E-state index is -0.946. The molecule has 2 N–H and O–H groups in total. The van der Waals surface area contributed by atoms with Crippen molar-refractivity contribution in [2.24, 2.45) is 11.8 Å². The quantitative estimate of drug-likeness (QED) is 0.813. The van der Waals surface area contributed by atoms with Gasteiger partial charge in [-0.05, 0) is 42.6 Å². The van der Waals surface area contributed by atoms with Crippen molar-refractivity contribution in [2.45, 2.75) is 51.5 Å². The van der Waals surface area contributed by atoms with Gasteiger partial charge in [0, 0.05) is 6.42 Å². The second-order valence-corrected chi connectivity index (χ2v) is 6.74. The van der Waals surface area contributed by atoms with Gasteiger partial charge in [-0.15, -0.1) is 0 Å². The van der Waals surface area contributed by atoms with Crippen LogP contribution in [0.1, 0.15) is 51.0 Å². The summed E-state index contributed by atoms with van der Waals surface area (Å²) in [4.78, 5) is 23.2. The fourth-order valence-corrected chi connectivity index (χ4v) is 3.11. The zero-order valence-electron chi connectivity index (χ0n) is 13.3. The highest BCUT2D eigenvalue weighted by atomic mass is 16.4. The molecule has 0 heterocycles. The van der Waals surface area contributed by atoms with E-state index in [1.165, 1.54) is 5.56 Å². The lowest BCUT2D eigenvalue weighted by atomic mass is 9.70. The van der Waals surface area contributed by atoms with E-state index in [1.807, 2.05) is 32.0 Å². The third-order valence-electron chi connectivity index (χ3n) is 4.32. The summed E-state index contributed by atoms with van der Waals surface area (Å²) >= 11 is 0. The average molecular weight is 303 g/mol. The highest BCUT2D eigenvalue weighted by molar-refractivity contribution is 5.83. The molecule has 0 aromatic heterocycles. The van der Waals surface area contributed by atoms with Gasteiger partial charge in [0.1, 0.15) is 6.04 Å². The molecule has 0 spiro atoms. The summed E-state index contributed by atoms with van der Waals surface area (Å²) in [5.74, 6) is 0.0820. The Morgan fingerprint density at radius 2 is 1.86 bits per heavy atom. The van der Waals surface area contributed by atoms with Gasteiger partial charge in [0.25, 0.3) is 0 Å². The molecule has 4 nitrogen and oxygen atoms in total. The van der Waals surface area contributed by atoms with E-state index in [0.717, 1.165) is 12.8 Å². The van der Waals surface area contributed by atoms with Gasteiger partial charge in [-0.1, -0.05) is 44.2 Å². The zero-order valence-corrected chi connectivity index (χ0v) is 13.3. The number of carboxylic acids is 1. The lowest BCUT2D eigenvalue weighted by molar-refractivity contribution is -0.142. The third-order valence-corrected chi connectivity index (χ3v) is 4.32. The monoisotopic (exact) mass is 303 g/mol. The Morgan fingerprint density at radius 1 is 1.23 bits per heavy atom. The summed E-state index contributed by atoms with van der Waals surface area (Å²) in [6.45, 7) is 3.91. The van der Waals surface area contributed by atoms with Gasteiger partial charge < -0.3 is 10.4 Å². The second kappa shape index (κ2) is 7.43. The number of hydrogen-bond donors (Lipinski definition) is 2. The Kier molecular flexibility index (Phi) is 5.58. The predicted octanol–water partition coefficient (Wildman–Crippen LogP) is 3.19. The summed E-state index contributed by atoms with van der Waals surface area (Å²) in [6.07, 6.45) is 2.93. The number of rotatable bonds is 7. The van der Waals surface area contributed by atoms with E-state index in [4.69, 9.17) is 5.11 Å². The highest BCUT2D eigenvalue weighted by Gasteiger charge is 2.32. The van der Waals surface area contributed by atoms with Gasteiger partial charge in [-0.2, -0.15) is 0 Å². The van der Waals surface area contributed by atoms with Crippen molar-refractivity contribution >= 4 is 11.9 Å². The Balaban J connectivity index is 1.76. The number of amides is 1. The van der Waals surface area contributed by atoms with Crippen molar-refractivity contribution in [2.75, 3.05) is 0 Å². The van der Waals surface area contributed by atoms with Gasteiger partial charge in [0.05, 0.1) is 0 Å². The molecule has 4 heteroatoms. The first-order valence-electron chi connectivity index (χ1n) is 8.02. The normalized spacial score (nSPS) is 22.0. The zero-order chi connectivity index (χ0) is 16.1. The molecule has 0 unspecified atom stereocenters. The van der Waals surface area contributed by atoms with Crippen LogP contribution in [0.15, 0.2) is 30.3 Å². The lowest BCUT2D eigenvalue weighted by Gasteiger charge is -2.35. The maximum absolute atomic E-state index is 12.0. The van der Waals surface area contributed by atoms with E-state index in [0.29, 0.717) is 24.7 Å². The van der Waals surface area contributed by atoms with Gasteiger partial charge >= 0.3 is 5.97 Å². The minimum absolute atomic E-state index is 0.135. The Labute approximate surface area is 131 Å². The largest absolute Gasteiger partial charge is 0.480 e. The second-order valence-electron chi connectivity index (χ2n) is 6.74. The fraction of sp³-hybridized carbons (Fsp3) is 0.556. The van der Waals surface area contributed by atoms with E-state index >= 15 is 0 Å². The number of hydrogen-bond acceptors (Lipinski definition) is 2. The maximum atomic E-state index is 12.0. The van der Waals surface area contributed by atoms with Crippen LogP contribution in [0.5, 0.6) is 0 Å². The highest BCUT2D eigenvalue weighted by Crippen LogP contribution is 2.43. The molecule has 0 aliphatic heterocycles.